The summed E-state index contributed by atoms with van der Waals surface area (Å²) < 4.78 is 23.6. The van der Waals surface area contributed by atoms with Gasteiger partial charge < -0.3 is 4.90 Å². The maximum atomic E-state index is 11.8. The van der Waals surface area contributed by atoms with E-state index in [-0.39, 0.29) is 34.7 Å². The fraction of sp³-hybridized carbons (Fsp3) is 0.400. The van der Waals surface area contributed by atoms with E-state index in [4.69, 9.17) is 0 Å². The molecule has 0 aliphatic carbocycles. The third kappa shape index (κ3) is 3.36. The quantitative estimate of drug-likeness (QED) is 0.558. The number of rotatable bonds is 5. The first-order valence-electron chi connectivity index (χ1n) is 7.94. The standard InChI is InChI=1S/C15H16N6O4S/c1-2-19(13-6-7-26(24,25)10-13)15-14(9-16)17-20(18-15)11-4-3-5-12(8-11)21(22)23/h3-5,8,13H,2,6-7,10H2,1H3. The van der Waals surface area contributed by atoms with Gasteiger partial charge in [0.05, 0.1) is 22.1 Å². The number of hydrogen-bond donors (Lipinski definition) is 0. The van der Waals surface area contributed by atoms with Crippen LogP contribution in [0.15, 0.2) is 24.3 Å². The number of hydrogen-bond acceptors (Lipinski definition) is 8. The topological polar surface area (TPSA) is 135 Å². The van der Waals surface area contributed by atoms with E-state index < -0.39 is 14.8 Å². The normalized spacial score (nSPS) is 18.4. The molecule has 2 heterocycles. The highest BCUT2D eigenvalue weighted by atomic mass is 32.2. The van der Waals surface area contributed by atoms with Crippen LogP contribution in [0.25, 0.3) is 5.69 Å². The second-order valence-corrected chi connectivity index (χ2v) is 8.12. The number of anilines is 1. The lowest BCUT2D eigenvalue weighted by Gasteiger charge is -2.26. The average molecular weight is 376 g/mol. The highest BCUT2D eigenvalue weighted by Crippen LogP contribution is 2.26. The smallest absolute Gasteiger partial charge is 0.271 e. The Bertz CT molecular complexity index is 994. The van der Waals surface area contributed by atoms with Crippen molar-refractivity contribution in [1.82, 2.24) is 15.0 Å². The summed E-state index contributed by atoms with van der Waals surface area (Å²) in [6.07, 6.45) is 0.463. The minimum atomic E-state index is -3.09. The van der Waals surface area contributed by atoms with Gasteiger partial charge >= 0.3 is 0 Å². The molecule has 0 amide bonds. The SMILES string of the molecule is CCN(c1nn(-c2cccc([N+](=O)[O-])c2)nc1C#N)C1CCS(=O)(=O)C1. The summed E-state index contributed by atoms with van der Waals surface area (Å²) in [6.45, 7) is 2.31. The largest absolute Gasteiger partial charge is 0.349 e. The van der Waals surface area contributed by atoms with Gasteiger partial charge in [0.2, 0.25) is 5.69 Å². The molecule has 1 fully saturated rings. The summed E-state index contributed by atoms with van der Waals surface area (Å²) in [6, 6.07) is 7.44. The second-order valence-electron chi connectivity index (χ2n) is 5.89. The average Bonchev–Trinajstić information content (AvgIpc) is 3.19. The Morgan fingerprint density at radius 1 is 1.46 bits per heavy atom. The number of nitriles is 1. The van der Waals surface area contributed by atoms with Gasteiger partial charge in [0.15, 0.2) is 15.7 Å². The van der Waals surface area contributed by atoms with E-state index in [2.05, 4.69) is 10.2 Å². The van der Waals surface area contributed by atoms with E-state index in [1.807, 2.05) is 13.0 Å². The van der Waals surface area contributed by atoms with Crippen molar-refractivity contribution in [3.63, 3.8) is 0 Å². The van der Waals surface area contributed by atoms with E-state index in [0.29, 0.717) is 18.7 Å². The summed E-state index contributed by atoms with van der Waals surface area (Å²) in [5, 5.41) is 28.7. The molecule has 0 saturated carbocycles. The molecule has 0 radical (unpaired) electrons. The van der Waals surface area contributed by atoms with E-state index in [9.17, 15) is 23.8 Å². The molecule has 136 valence electrons. The Balaban J connectivity index is 2.00. The maximum Gasteiger partial charge on any atom is 0.271 e. The monoisotopic (exact) mass is 376 g/mol. The zero-order valence-electron chi connectivity index (χ0n) is 13.9. The highest BCUT2D eigenvalue weighted by Gasteiger charge is 2.34. The second kappa shape index (κ2) is 6.72. The zero-order valence-corrected chi connectivity index (χ0v) is 14.8. The molecular weight excluding hydrogens is 360 g/mol. The van der Waals surface area contributed by atoms with Crippen molar-refractivity contribution in [1.29, 1.82) is 5.26 Å². The van der Waals surface area contributed by atoms with Crippen LogP contribution < -0.4 is 4.90 Å². The number of nitro benzene ring substituents is 1. The molecule has 1 saturated heterocycles. The van der Waals surface area contributed by atoms with Crippen LogP contribution in [0.1, 0.15) is 19.0 Å². The molecule has 0 spiro atoms. The van der Waals surface area contributed by atoms with Gasteiger partial charge in [0.1, 0.15) is 6.07 Å². The lowest BCUT2D eigenvalue weighted by atomic mass is 10.2. The van der Waals surface area contributed by atoms with Crippen molar-refractivity contribution in [2.24, 2.45) is 0 Å². The summed E-state index contributed by atoms with van der Waals surface area (Å²) in [5.74, 6) is 0.397. The van der Waals surface area contributed by atoms with Crippen LogP contribution in [0.4, 0.5) is 11.5 Å². The van der Waals surface area contributed by atoms with Gasteiger partial charge in [0, 0.05) is 24.7 Å². The third-order valence-corrected chi connectivity index (χ3v) is 5.99. The van der Waals surface area contributed by atoms with Gasteiger partial charge in [0.25, 0.3) is 5.69 Å². The number of benzene rings is 1. The molecule has 26 heavy (non-hydrogen) atoms. The van der Waals surface area contributed by atoms with E-state index in [0.717, 1.165) is 4.80 Å². The van der Waals surface area contributed by atoms with Crippen LogP contribution >= 0.6 is 0 Å². The van der Waals surface area contributed by atoms with E-state index in [1.54, 1.807) is 11.0 Å². The van der Waals surface area contributed by atoms with Crippen LogP contribution in [0.3, 0.4) is 0 Å². The van der Waals surface area contributed by atoms with Gasteiger partial charge in [-0.1, -0.05) is 6.07 Å². The molecule has 1 unspecified atom stereocenters. The van der Waals surface area contributed by atoms with Crippen molar-refractivity contribution in [2.75, 3.05) is 23.0 Å². The minimum Gasteiger partial charge on any atom is -0.349 e. The van der Waals surface area contributed by atoms with E-state index in [1.165, 1.54) is 18.2 Å². The van der Waals surface area contributed by atoms with Crippen LogP contribution in [-0.2, 0) is 9.84 Å². The number of non-ortho nitro benzene ring substituents is 1. The molecule has 1 atom stereocenters. The number of sulfone groups is 1. The van der Waals surface area contributed by atoms with Gasteiger partial charge in [-0.05, 0) is 19.4 Å². The number of nitro groups is 1. The van der Waals surface area contributed by atoms with Crippen LogP contribution in [0.5, 0.6) is 0 Å². The van der Waals surface area contributed by atoms with Crippen molar-refractivity contribution in [3.05, 3.63) is 40.1 Å². The minimum absolute atomic E-state index is 0.00930. The Labute approximate surface area is 149 Å². The molecule has 3 rings (SSSR count). The summed E-state index contributed by atoms with van der Waals surface area (Å²) in [5.41, 5.74) is 0.272. The molecule has 0 bridgehead atoms. The van der Waals surface area contributed by atoms with Crippen molar-refractivity contribution >= 4 is 21.3 Å². The molecule has 1 aliphatic rings. The molecule has 1 aromatic heterocycles. The van der Waals surface area contributed by atoms with Crippen LogP contribution in [0.2, 0.25) is 0 Å². The first-order valence-corrected chi connectivity index (χ1v) is 9.76. The fourth-order valence-corrected chi connectivity index (χ4v) is 4.74. The molecular formula is C15H16N6O4S. The van der Waals surface area contributed by atoms with Gasteiger partial charge in [-0.3, -0.25) is 10.1 Å². The van der Waals surface area contributed by atoms with Crippen molar-refractivity contribution < 1.29 is 13.3 Å². The Morgan fingerprint density at radius 3 is 2.81 bits per heavy atom. The summed E-state index contributed by atoms with van der Waals surface area (Å²) in [7, 11) is -3.09. The molecule has 2 aromatic rings. The predicted octanol–water partition coefficient (Wildman–Crippen LogP) is 1.06. The first kappa shape index (κ1) is 17.8. The zero-order chi connectivity index (χ0) is 18.9. The number of nitrogens with zero attached hydrogens (tertiary/aromatic N) is 6. The fourth-order valence-electron chi connectivity index (χ4n) is 3.01. The molecule has 0 N–H and O–H groups in total. The van der Waals surface area contributed by atoms with Gasteiger partial charge in [-0.15, -0.1) is 15.0 Å². The Morgan fingerprint density at radius 2 is 2.23 bits per heavy atom. The highest BCUT2D eigenvalue weighted by molar-refractivity contribution is 7.91. The molecule has 11 heteroatoms. The predicted molar refractivity (Wildman–Crippen MR) is 92.8 cm³/mol. The van der Waals surface area contributed by atoms with E-state index >= 15 is 0 Å². The molecule has 1 aromatic carbocycles. The van der Waals surface area contributed by atoms with Crippen molar-refractivity contribution in [2.45, 2.75) is 19.4 Å². The van der Waals surface area contributed by atoms with Gasteiger partial charge in [-0.2, -0.15) is 5.26 Å². The molecule has 10 nitrogen and oxygen atoms in total. The summed E-state index contributed by atoms with van der Waals surface area (Å²) >= 11 is 0. The van der Waals surface area contributed by atoms with Crippen molar-refractivity contribution in [3.8, 4) is 11.8 Å². The van der Waals surface area contributed by atoms with Crippen LogP contribution in [0, 0.1) is 21.4 Å². The van der Waals surface area contributed by atoms with Gasteiger partial charge in [-0.25, -0.2) is 8.42 Å². The lowest BCUT2D eigenvalue weighted by molar-refractivity contribution is -0.384. The third-order valence-electron chi connectivity index (χ3n) is 4.24. The first-order chi connectivity index (χ1) is 12.3. The van der Waals surface area contributed by atoms with Crippen LogP contribution in [-0.4, -0.2) is 52.4 Å². The summed E-state index contributed by atoms with van der Waals surface area (Å²) in [4.78, 5) is 13.3. The Hall–Kier alpha value is -3.00. The number of aromatic nitrogens is 3. The lowest BCUT2D eigenvalue weighted by Crippen LogP contribution is -2.37. The maximum absolute atomic E-state index is 11.8. The molecule has 1 aliphatic heterocycles. The Kier molecular flexibility index (Phi) is 4.60.